The minimum atomic E-state index is -3.20. The third-order valence-corrected chi connectivity index (χ3v) is 7.81. The summed E-state index contributed by atoms with van der Waals surface area (Å²) in [6.45, 7) is 4.52. The minimum absolute atomic E-state index is 0.0550. The van der Waals surface area contributed by atoms with Crippen LogP contribution in [0.2, 0.25) is 0 Å². The summed E-state index contributed by atoms with van der Waals surface area (Å²) in [4.78, 5) is 6.47. The molecule has 10 heteroatoms. The largest absolute Gasteiger partial charge is 0.375 e. The molecule has 2 atom stereocenters. The Balaban J connectivity index is 1.48. The van der Waals surface area contributed by atoms with Crippen molar-refractivity contribution in [1.82, 2.24) is 14.5 Å². The molecule has 150 valence electrons. The minimum Gasteiger partial charge on any atom is -0.375 e. The fourth-order valence-corrected chi connectivity index (χ4v) is 6.06. The molecule has 0 bridgehead atoms. The fraction of sp³-hybridized carbons (Fsp3) is 0.938. The average Bonchev–Trinajstić information content (AvgIpc) is 3.21. The molecule has 3 rings (SSSR count). The van der Waals surface area contributed by atoms with Gasteiger partial charge in [0.15, 0.2) is 5.96 Å². The van der Waals surface area contributed by atoms with E-state index in [-0.39, 0.29) is 18.0 Å². The summed E-state index contributed by atoms with van der Waals surface area (Å²) in [5.41, 5.74) is 0. The van der Waals surface area contributed by atoms with Gasteiger partial charge in [-0.2, -0.15) is 11.8 Å². The number of hydrogen-bond acceptors (Lipinski definition) is 6. The zero-order valence-corrected chi connectivity index (χ0v) is 17.1. The normalized spacial score (nSPS) is 29.1. The van der Waals surface area contributed by atoms with Gasteiger partial charge in [-0.15, -0.1) is 0 Å². The molecular formula is C16H30N4O4S2. The first-order valence-electron chi connectivity index (χ1n) is 9.34. The molecular weight excluding hydrogens is 376 g/mol. The SMILES string of the molecule is CN=C(NCCS(=O)(=O)N1CCSCC1)N1CCOC(C2CCCO2)C1. The summed E-state index contributed by atoms with van der Waals surface area (Å²) < 4.78 is 38.1. The molecule has 1 N–H and O–H groups in total. The zero-order valence-electron chi connectivity index (χ0n) is 15.4. The second-order valence-electron chi connectivity index (χ2n) is 6.71. The number of rotatable bonds is 5. The standard InChI is InChI=1S/C16H30N4O4S2/c1-17-16(18-4-12-26(21,22)20-6-10-25-11-7-20)19-5-9-24-15(13-19)14-3-2-8-23-14/h14-15H,2-13H2,1H3,(H,17,18). The van der Waals surface area contributed by atoms with E-state index < -0.39 is 10.0 Å². The molecule has 3 heterocycles. The van der Waals surface area contributed by atoms with Crippen molar-refractivity contribution < 1.29 is 17.9 Å². The van der Waals surface area contributed by atoms with Crippen molar-refractivity contribution in [3.05, 3.63) is 0 Å². The molecule has 0 aromatic carbocycles. The quantitative estimate of drug-likeness (QED) is 0.501. The first-order valence-corrected chi connectivity index (χ1v) is 12.1. The van der Waals surface area contributed by atoms with Crippen LogP contribution in [0.4, 0.5) is 0 Å². The summed E-state index contributed by atoms with van der Waals surface area (Å²) in [5, 5.41) is 3.21. The highest BCUT2D eigenvalue weighted by Gasteiger charge is 2.32. The van der Waals surface area contributed by atoms with Gasteiger partial charge in [0, 0.05) is 57.9 Å². The Hall–Kier alpha value is -0.550. The molecule has 0 spiro atoms. The van der Waals surface area contributed by atoms with Gasteiger partial charge in [-0.25, -0.2) is 12.7 Å². The van der Waals surface area contributed by atoms with E-state index in [9.17, 15) is 8.42 Å². The molecule has 0 aliphatic carbocycles. The number of nitrogens with one attached hydrogen (secondary N) is 1. The number of nitrogens with zero attached hydrogens (tertiary/aromatic N) is 3. The lowest BCUT2D eigenvalue weighted by molar-refractivity contribution is -0.0816. The Labute approximate surface area is 160 Å². The van der Waals surface area contributed by atoms with E-state index in [0.29, 0.717) is 26.2 Å². The predicted octanol–water partition coefficient (Wildman–Crippen LogP) is -0.180. The van der Waals surface area contributed by atoms with Crippen molar-refractivity contribution >= 4 is 27.7 Å². The number of morpholine rings is 1. The molecule has 0 aromatic rings. The molecule has 8 nitrogen and oxygen atoms in total. The molecule has 0 saturated carbocycles. The second kappa shape index (κ2) is 9.59. The molecule has 2 unspecified atom stereocenters. The highest BCUT2D eigenvalue weighted by atomic mass is 32.2. The maximum atomic E-state index is 12.4. The number of guanidine groups is 1. The number of hydrogen-bond donors (Lipinski definition) is 1. The van der Waals surface area contributed by atoms with E-state index in [1.165, 1.54) is 0 Å². The Bertz CT molecular complexity index is 575. The van der Waals surface area contributed by atoms with E-state index in [4.69, 9.17) is 9.47 Å². The smallest absolute Gasteiger partial charge is 0.215 e. The van der Waals surface area contributed by atoms with Gasteiger partial charge in [0.05, 0.1) is 18.5 Å². The number of aliphatic imine (C=N–C) groups is 1. The predicted molar refractivity (Wildman–Crippen MR) is 104 cm³/mol. The van der Waals surface area contributed by atoms with E-state index in [0.717, 1.165) is 50.0 Å². The lowest BCUT2D eigenvalue weighted by Gasteiger charge is -2.37. The molecule has 3 aliphatic rings. The Morgan fingerprint density at radius 2 is 1.96 bits per heavy atom. The molecule has 3 saturated heterocycles. The van der Waals surface area contributed by atoms with Crippen LogP contribution in [0.5, 0.6) is 0 Å². The van der Waals surface area contributed by atoms with Gasteiger partial charge >= 0.3 is 0 Å². The van der Waals surface area contributed by atoms with Crippen LogP contribution in [-0.4, -0.2) is 106 Å². The summed E-state index contributed by atoms with van der Waals surface area (Å²) in [7, 11) is -1.47. The number of sulfonamides is 1. The third-order valence-electron chi connectivity index (χ3n) is 4.99. The van der Waals surface area contributed by atoms with Crippen molar-refractivity contribution in [2.75, 3.05) is 70.2 Å². The maximum absolute atomic E-state index is 12.4. The lowest BCUT2D eigenvalue weighted by Crippen LogP contribution is -2.54. The van der Waals surface area contributed by atoms with Crippen molar-refractivity contribution in [3.63, 3.8) is 0 Å². The molecule has 0 aromatic heterocycles. The summed E-state index contributed by atoms with van der Waals surface area (Å²) in [5.74, 6) is 2.59. The van der Waals surface area contributed by atoms with Gasteiger partial charge in [-0.05, 0) is 12.8 Å². The second-order valence-corrected chi connectivity index (χ2v) is 10.0. The van der Waals surface area contributed by atoms with Crippen LogP contribution in [0.3, 0.4) is 0 Å². The summed E-state index contributed by atoms with van der Waals surface area (Å²) in [6, 6.07) is 0. The Morgan fingerprint density at radius 3 is 2.65 bits per heavy atom. The number of thioether (sulfide) groups is 1. The van der Waals surface area contributed by atoms with E-state index in [2.05, 4.69) is 15.2 Å². The van der Waals surface area contributed by atoms with Crippen LogP contribution in [0.25, 0.3) is 0 Å². The van der Waals surface area contributed by atoms with Gasteiger partial charge in [-0.1, -0.05) is 0 Å². The van der Waals surface area contributed by atoms with Crippen LogP contribution in [0, 0.1) is 0 Å². The van der Waals surface area contributed by atoms with Gasteiger partial charge in [0.1, 0.15) is 6.10 Å². The Morgan fingerprint density at radius 1 is 1.19 bits per heavy atom. The molecule has 26 heavy (non-hydrogen) atoms. The maximum Gasteiger partial charge on any atom is 0.215 e. The van der Waals surface area contributed by atoms with Crippen molar-refractivity contribution in [2.24, 2.45) is 4.99 Å². The summed E-state index contributed by atoms with van der Waals surface area (Å²) in [6.07, 6.45) is 2.34. The first kappa shape index (κ1) is 20.2. The van der Waals surface area contributed by atoms with Gasteiger partial charge < -0.3 is 19.7 Å². The third kappa shape index (κ3) is 5.25. The molecule has 3 aliphatic heterocycles. The van der Waals surface area contributed by atoms with Crippen LogP contribution < -0.4 is 5.32 Å². The highest BCUT2D eigenvalue weighted by Crippen LogP contribution is 2.21. The van der Waals surface area contributed by atoms with Crippen molar-refractivity contribution in [3.8, 4) is 0 Å². The molecule has 3 fully saturated rings. The van der Waals surface area contributed by atoms with Crippen LogP contribution >= 0.6 is 11.8 Å². The molecule has 0 amide bonds. The topological polar surface area (TPSA) is 83.5 Å². The summed E-state index contributed by atoms with van der Waals surface area (Å²) >= 11 is 1.81. The van der Waals surface area contributed by atoms with Crippen LogP contribution in [0.1, 0.15) is 12.8 Å². The highest BCUT2D eigenvalue weighted by molar-refractivity contribution is 7.99. The monoisotopic (exact) mass is 406 g/mol. The van der Waals surface area contributed by atoms with E-state index in [1.807, 2.05) is 0 Å². The Kier molecular flexibility index (Phi) is 7.44. The molecule has 0 radical (unpaired) electrons. The van der Waals surface area contributed by atoms with E-state index >= 15 is 0 Å². The number of ether oxygens (including phenoxy) is 2. The van der Waals surface area contributed by atoms with Gasteiger partial charge in [0.25, 0.3) is 0 Å². The zero-order chi connectivity index (χ0) is 18.4. The average molecular weight is 407 g/mol. The van der Waals surface area contributed by atoms with Gasteiger partial charge in [-0.3, -0.25) is 4.99 Å². The lowest BCUT2D eigenvalue weighted by atomic mass is 10.1. The first-order chi connectivity index (χ1) is 12.6. The van der Waals surface area contributed by atoms with Crippen LogP contribution in [0.15, 0.2) is 4.99 Å². The van der Waals surface area contributed by atoms with Crippen molar-refractivity contribution in [2.45, 2.75) is 25.0 Å². The van der Waals surface area contributed by atoms with Crippen molar-refractivity contribution in [1.29, 1.82) is 0 Å². The van der Waals surface area contributed by atoms with E-state index in [1.54, 1.807) is 23.1 Å². The van der Waals surface area contributed by atoms with Gasteiger partial charge in [0.2, 0.25) is 10.0 Å². The van der Waals surface area contributed by atoms with Crippen LogP contribution in [-0.2, 0) is 19.5 Å². The fourth-order valence-electron chi connectivity index (χ4n) is 3.57.